The summed E-state index contributed by atoms with van der Waals surface area (Å²) in [5.74, 6) is -8.19. The Morgan fingerprint density at radius 1 is 1.08 bits per heavy atom. The number of phenolic OH excluding ortho intramolecular Hbond substituents is 1. The number of allylic oxidation sites excluding steroid dienone is 2. The van der Waals surface area contributed by atoms with E-state index in [1.54, 1.807) is 26.1 Å². The standard InChI is InChI=1S/C35H29ClFN5O6S/c1-14-19-11-16(36)5-9-25(19)49-29(14)23-13-26(40(3)39-23)41-31(45)21-12-20-17(6-7-18-27(20)32(46)42(30(18)44)34(38)48)28(35(21,2)33(41)47)15-4-8-24(43)22(37)10-15/h4-6,8-11,13,18,20-21,27-28,43H,7,12H2,1-3H3,(H2,38,48)/t18-,20+,21-,27-,28-,35+/m0/s1. The molecule has 0 bridgehead atoms. The number of aryl methyl sites for hydroxylation is 2. The molecule has 8 rings (SSSR count). The quantitative estimate of drug-likeness (QED) is 0.214. The maximum Gasteiger partial charge on any atom is 0.328 e. The van der Waals surface area contributed by atoms with Crippen molar-refractivity contribution in [1.82, 2.24) is 14.7 Å². The van der Waals surface area contributed by atoms with Crippen LogP contribution in [0.3, 0.4) is 0 Å². The number of thiophene rings is 1. The molecule has 0 spiro atoms. The molecule has 14 heteroatoms. The first-order chi connectivity index (χ1) is 23.2. The van der Waals surface area contributed by atoms with Gasteiger partial charge in [-0.2, -0.15) is 10.00 Å². The van der Waals surface area contributed by atoms with E-state index in [0.29, 0.717) is 26.8 Å². The third-order valence-corrected chi connectivity index (χ3v) is 12.5. The number of fused-ring (bicyclic) bond motifs is 5. The number of hydrogen-bond donors (Lipinski definition) is 2. The number of nitrogens with zero attached hydrogens (tertiary/aromatic N) is 4. The van der Waals surface area contributed by atoms with Gasteiger partial charge in [0.2, 0.25) is 23.6 Å². The van der Waals surface area contributed by atoms with Gasteiger partial charge in [0.05, 0.1) is 28.0 Å². The number of nitrogens with two attached hydrogens (primary N) is 1. The van der Waals surface area contributed by atoms with Crippen LogP contribution in [0, 0.1) is 41.8 Å². The fourth-order valence-corrected chi connectivity index (χ4v) is 10.1. The second-order valence-electron chi connectivity index (χ2n) is 13.4. The average molecular weight is 702 g/mol. The van der Waals surface area contributed by atoms with Gasteiger partial charge in [0.25, 0.3) is 0 Å². The van der Waals surface area contributed by atoms with Gasteiger partial charge in [0.15, 0.2) is 11.6 Å². The minimum atomic E-state index is -1.45. The Balaban J connectivity index is 1.26. The lowest BCUT2D eigenvalue weighted by atomic mass is 9.51. The minimum absolute atomic E-state index is 0.0359. The second kappa shape index (κ2) is 10.6. The highest BCUT2D eigenvalue weighted by molar-refractivity contribution is 7.22. The highest BCUT2D eigenvalue weighted by Crippen LogP contribution is 2.63. The van der Waals surface area contributed by atoms with Crippen LogP contribution in [0.4, 0.5) is 15.0 Å². The van der Waals surface area contributed by atoms with Crippen LogP contribution < -0.4 is 10.6 Å². The number of carbonyl (C=O) groups excluding carboxylic acids is 5. The summed E-state index contributed by atoms with van der Waals surface area (Å²) in [4.78, 5) is 70.7. The van der Waals surface area contributed by atoms with Gasteiger partial charge in [0, 0.05) is 28.8 Å². The van der Waals surface area contributed by atoms with Crippen molar-refractivity contribution >= 4 is 68.5 Å². The Morgan fingerprint density at radius 2 is 1.84 bits per heavy atom. The number of aromatic nitrogens is 2. The molecule has 11 nitrogen and oxygen atoms in total. The van der Waals surface area contributed by atoms with Gasteiger partial charge < -0.3 is 10.8 Å². The summed E-state index contributed by atoms with van der Waals surface area (Å²) in [5, 5.41) is 16.3. The van der Waals surface area contributed by atoms with Crippen molar-refractivity contribution in [3.8, 4) is 16.3 Å². The number of carbonyl (C=O) groups is 5. The zero-order chi connectivity index (χ0) is 34.8. The molecule has 2 aromatic carbocycles. The normalized spacial score (nSPS) is 27.9. The molecule has 2 aromatic heterocycles. The van der Waals surface area contributed by atoms with E-state index in [4.69, 9.17) is 22.4 Å². The molecule has 4 aromatic rings. The molecule has 0 radical (unpaired) electrons. The number of halogens is 2. The van der Waals surface area contributed by atoms with Crippen LogP contribution in [0.5, 0.6) is 5.75 Å². The predicted octanol–water partition coefficient (Wildman–Crippen LogP) is 5.42. The van der Waals surface area contributed by atoms with E-state index in [9.17, 15) is 33.5 Å². The molecule has 3 fully saturated rings. The number of hydrogen-bond acceptors (Lipinski definition) is 8. The summed E-state index contributed by atoms with van der Waals surface area (Å²) >= 11 is 7.77. The summed E-state index contributed by atoms with van der Waals surface area (Å²) in [5.41, 5.74) is 6.42. The SMILES string of the molecule is Cc1c(-c2cc(N3C(=O)[C@@H]4C[C@@H]5C(=CC[C@@H]6C(=O)N(C(N)=O)C(=O)[C@@H]65)[C@H](c5ccc(O)c(F)c5)[C@]4(C)C3=O)n(C)n2)sc2ccc(Cl)cc12. The Morgan fingerprint density at radius 3 is 2.55 bits per heavy atom. The van der Waals surface area contributed by atoms with Gasteiger partial charge in [-0.15, -0.1) is 11.3 Å². The summed E-state index contributed by atoms with van der Waals surface area (Å²) in [6.07, 6.45) is 1.91. The Kier molecular flexibility index (Phi) is 6.76. The van der Waals surface area contributed by atoms with Crippen LogP contribution in [0.25, 0.3) is 20.7 Å². The van der Waals surface area contributed by atoms with Gasteiger partial charge in [-0.25, -0.2) is 14.1 Å². The van der Waals surface area contributed by atoms with Gasteiger partial charge in [-0.3, -0.25) is 23.9 Å². The van der Waals surface area contributed by atoms with Gasteiger partial charge >= 0.3 is 6.03 Å². The number of benzene rings is 2. The molecule has 250 valence electrons. The van der Waals surface area contributed by atoms with Crippen LogP contribution in [0.15, 0.2) is 54.1 Å². The number of rotatable bonds is 3. The van der Waals surface area contributed by atoms with E-state index in [-0.39, 0.29) is 18.7 Å². The zero-order valence-corrected chi connectivity index (χ0v) is 28.0. The van der Waals surface area contributed by atoms with Crippen LogP contribution in [-0.2, 0) is 26.2 Å². The van der Waals surface area contributed by atoms with E-state index in [2.05, 4.69) is 0 Å². The summed E-state index contributed by atoms with van der Waals surface area (Å²) < 4.78 is 17.4. The average Bonchev–Trinajstić information content (AvgIpc) is 3.72. The van der Waals surface area contributed by atoms with Crippen LogP contribution in [0.1, 0.15) is 36.8 Å². The van der Waals surface area contributed by atoms with Crippen LogP contribution >= 0.6 is 22.9 Å². The molecule has 1 saturated carbocycles. The fourth-order valence-electron chi connectivity index (χ4n) is 8.75. The van der Waals surface area contributed by atoms with Crippen molar-refractivity contribution in [1.29, 1.82) is 0 Å². The first-order valence-electron chi connectivity index (χ1n) is 15.7. The van der Waals surface area contributed by atoms with Crippen molar-refractivity contribution in [2.24, 2.45) is 41.9 Å². The fraction of sp³-hybridized carbons (Fsp3) is 0.314. The van der Waals surface area contributed by atoms with Gasteiger partial charge in [-0.05, 0) is 79.5 Å². The number of anilines is 1. The summed E-state index contributed by atoms with van der Waals surface area (Å²) in [6.45, 7) is 3.63. The first kappa shape index (κ1) is 31.4. The van der Waals surface area contributed by atoms with E-state index in [1.165, 1.54) is 28.2 Å². The molecule has 6 atom stereocenters. The molecule has 2 saturated heterocycles. The van der Waals surface area contributed by atoms with E-state index >= 15 is 0 Å². The number of aromatic hydroxyl groups is 1. The maximum absolute atomic E-state index is 15.0. The minimum Gasteiger partial charge on any atom is -0.505 e. The van der Waals surface area contributed by atoms with Gasteiger partial charge in [-0.1, -0.05) is 29.3 Å². The molecule has 2 aliphatic heterocycles. The first-order valence-corrected chi connectivity index (χ1v) is 16.9. The third-order valence-electron chi connectivity index (χ3n) is 11.0. The summed E-state index contributed by atoms with van der Waals surface area (Å²) in [7, 11) is 1.64. The molecule has 4 aliphatic rings. The number of primary amides is 1. The van der Waals surface area contributed by atoms with Crippen molar-refractivity contribution in [2.75, 3.05) is 4.90 Å². The largest absolute Gasteiger partial charge is 0.505 e. The number of likely N-dealkylation sites (tertiary alicyclic amines) is 1. The Labute approximate surface area is 287 Å². The smallest absolute Gasteiger partial charge is 0.328 e. The van der Waals surface area contributed by atoms with Crippen molar-refractivity contribution in [3.63, 3.8) is 0 Å². The number of imide groups is 4. The lowest BCUT2D eigenvalue weighted by Gasteiger charge is -2.49. The molecular formula is C35H29ClFN5O6S. The topological polar surface area (TPSA) is 156 Å². The lowest BCUT2D eigenvalue weighted by Crippen LogP contribution is -2.49. The molecule has 0 unspecified atom stereocenters. The van der Waals surface area contributed by atoms with Crippen molar-refractivity contribution < 1.29 is 33.5 Å². The second-order valence-corrected chi connectivity index (χ2v) is 14.9. The molecule has 2 aliphatic carbocycles. The highest BCUT2D eigenvalue weighted by Gasteiger charge is 2.68. The maximum atomic E-state index is 15.0. The van der Waals surface area contributed by atoms with Gasteiger partial charge in [0.1, 0.15) is 11.5 Å². The molecular weight excluding hydrogens is 673 g/mol. The molecule has 49 heavy (non-hydrogen) atoms. The number of amides is 6. The lowest BCUT2D eigenvalue weighted by molar-refractivity contribution is -0.136. The summed E-state index contributed by atoms with van der Waals surface area (Å²) in [6, 6.07) is 9.95. The molecule has 6 amide bonds. The third kappa shape index (κ3) is 4.18. The molecule has 4 heterocycles. The monoisotopic (exact) mass is 701 g/mol. The number of phenols is 1. The predicted molar refractivity (Wildman–Crippen MR) is 178 cm³/mol. The van der Waals surface area contributed by atoms with E-state index in [1.807, 2.05) is 25.1 Å². The molecule has 3 N–H and O–H groups in total. The van der Waals surface area contributed by atoms with Crippen molar-refractivity contribution in [3.05, 3.63) is 76.1 Å². The van der Waals surface area contributed by atoms with Crippen LogP contribution in [-0.4, -0.2) is 49.4 Å². The number of urea groups is 1. The van der Waals surface area contributed by atoms with E-state index < -0.39 is 76.2 Å². The van der Waals surface area contributed by atoms with Crippen molar-refractivity contribution in [2.45, 2.75) is 32.6 Å². The highest BCUT2D eigenvalue weighted by atomic mass is 35.5. The Hall–Kier alpha value is -4.88. The van der Waals surface area contributed by atoms with Crippen LogP contribution in [0.2, 0.25) is 5.02 Å². The Bertz CT molecular complexity index is 2250. The zero-order valence-electron chi connectivity index (χ0n) is 26.4. The van der Waals surface area contributed by atoms with E-state index in [0.717, 1.165) is 31.5 Å².